The number of piperidine rings is 1. The minimum Gasteiger partial charge on any atom is -0.372 e. The summed E-state index contributed by atoms with van der Waals surface area (Å²) < 4.78 is 5.87. The van der Waals surface area contributed by atoms with Gasteiger partial charge in [-0.1, -0.05) is 6.92 Å². The molecule has 0 aromatic rings. The minimum atomic E-state index is 0.332. The normalized spacial score (nSPS) is 34.8. The first-order valence-electron chi connectivity index (χ1n) is 6.36. The standard InChI is InChI=1S/C12H24N2O/c1-10-4-6-14(7-5-10)9-12-3-2-11(8-13)15-12/h10-12H,2-9,13H2,1H3/t11-,12+/m1/s1. The van der Waals surface area contributed by atoms with Gasteiger partial charge in [0.2, 0.25) is 0 Å². The Bertz CT molecular complexity index is 190. The zero-order chi connectivity index (χ0) is 10.7. The van der Waals surface area contributed by atoms with Crippen molar-refractivity contribution >= 4 is 0 Å². The van der Waals surface area contributed by atoms with E-state index in [0.717, 1.165) is 18.9 Å². The Labute approximate surface area is 93.0 Å². The predicted octanol–water partition coefficient (Wildman–Crippen LogP) is 1.22. The quantitative estimate of drug-likeness (QED) is 0.764. The summed E-state index contributed by atoms with van der Waals surface area (Å²) in [6.45, 7) is 6.69. The molecule has 15 heavy (non-hydrogen) atoms. The van der Waals surface area contributed by atoms with Crippen molar-refractivity contribution in [2.45, 2.75) is 44.8 Å². The van der Waals surface area contributed by atoms with Crippen molar-refractivity contribution in [1.82, 2.24) is 4.90 Å². The Hall–Kier alpha value is -0.120. The van der Waals surface area contributed by atoms with E-state index in [1.54, 1.807) is 0 Å². The fourth-order valence-electron chi connectivity index (χ4n) is 2.62. The molecule has 3 heteroatoms. The molecule has 2 heterocycles. The highest BCUT2D eigenvalue weighted by Gasteiger charge is 2.26. The molecule has 2 aliphatic rings. The zero-order valence-electron chi connectivity index (χ0n) is 9.82. The topological polar surface area (TPSA) is 38.5 Å². The molecule has 0 saturated carbocycles. The lowest BCUT2D eigenvalue weighted by atomic mass is 9.99. The number of nitrogens with two attached hydrogens (primary N) is 1. The lowest BCUT2D eigenvalue weighted by Crippen LogP contribution is -2.38. The average molecular weight is 212 g/mol. The highest BCUT2D eigenvalue weighted by Crippen LogP contribution is 2.22. The fourth-order valence-corrected chi connectivity index (χ4v) is 2.62. The molecule has 0 bridgehead atoms. The molecule has 2 N–H and O–H groups in total. The lowest BCUT2D eigenvalue weighted by molar-refractivity contribution is 0.0206. The molecule has 2 fully saturated rings. The molecule has 0 amide bonds. The van der Waals surface area contributed by atoms with Crippen LogP contribution in [0.15, 0.2) is 0 Å². The first-order valence-corrected chi connectivity index (χ1v) is 6.36. The summed E-state index contributed by atoms with van der Waals surface area (Å²) >= 11 is 0. The predicted molar refractivity (Wildman–Crippen MR) is 61.8 cm³/mol. The third-order valence-corrected chi connectivity index (χ3v) is 3.80. The maximum absolute atomic E-state index is 5.87. The second kappa shape index (κ2) is 5.28. The Morgan fingerprint density at radius 1 is 1.13 bits per heavy atom. The van der Waals surface area contributed by atoms with Crippen LogP contribution in [0.3, 0.4) is 0 Å². The van der Waals surface area contributed by atoms with Crippen molar-refractivity contribution < 1.29 is 4.74 Å². The van der Waals surface area contributed by atoms with Crippen molar-refractivity contribution in [2.24, 2.45) is 11.7 Å². The van der Waals surface area contributed by atoms with Crippen LogP contribution in [-0.4, -0.2) is 43.3 Å². The van der Waals surface area contributed by atoms with Crippen LogP contribution in [0.25, 0.3) is 0 Å². The van der Waals surface area contributed by atoms with Crippen LogP contribution in [0.5, 0.6) is 0 Å². The monoisotopic (exact) mass is 212 g/mol. The molecule has 2 rings (SSSR count). The van der Waals surface area contributed by atoms with Gasteiger partial charge in [-0.05, 0) is 44.7 Å². The Morgan fingerprint density at radius 2 is 1.80 bits per heavy atom. The second-order valence-corrected chi connectivity index (χ2v) is 5.18. The Morgan fingerprint density at radius 3 is 2.40 bits per heavy atom. The third-order valence-electron chi connectivity index (χ3n) is 3.80. The third kappa shape index (κ3) is 3.16. The van der Waals surface area contributed by atoms with E-state index in [-0.39, 0.29) is 0 Å². The van der Waals surface area contributed by atoms with Crippen LogP contribution in [0.1, 0.15) is 32.6 Å². The number of hydrogen-bond donors (Lipinski definition) is 1. The molecule has 0 radical (unpaired) electrons. The molecular formula is C12H24N2O. The van der Waals surface area contributed by atoms with Gasteiger partial charge in [0, 0.05) is 13.1 Å². The number of ether oxygens (including phenoxy) is 1. The molecular weight excluding hydrogens is 188 g/mol. The zero-order valence-corrected chi connectivity index (χ0v) is 9.82. The summed E-state index contributed by atoms with van der Waals surface area (Å²) in [6, 6.07) is 0. The van der Waals surface area contributed by atoms with E-state index < -0.39 is 0 Å². The summed E-state index contributed by atoms with van der Waals surface area (Å²) in [6.07, 6.45) is 5.85. The smallest absolute Gasteiger partial charge is 0.0707 e. The van der Waals surface area contributed by atoms with Gasteiger partial charge in [-0.3, -0.25) is 0 Å². The molecule has 88 valence electrons. The second-order valence-electron chi connectivity index (χ2n) is 5.18. The molecule has 2 atom stereocenters. The maximum atomic E-state index is 5.87. The molecule has 2 saturated heterocycles. The van der Waals surface area contributed by atoms with Crippen LogP contribution in [0, 0.1) is 5.92 Å². The highest BCUT2D eigenvalue weighted by molar-refractivity contribution is 4.79. The van der Waals surface area contributed by atoms with Crippen LogP contribution >= 0.6 is 0 Å². The van der Waals surface area contributed by atoms with Gasteiger partial charge in [0.25, 0.3) is 0 Å². The van der Waals surface area contributed by atoms with Gasteiger partial charge in [0.1, 0.15) is 0 Å². The van der Waals surface area contributed by atoms with Crippen LogP contribution < -0.4 is 5.73 Å². The van der Waals surface area contributed by atoms with Crippen LogP contribution in [0.4, 0.5) is 0 Å². The van der Waals surface area contributed by atoms with E-state index >= 15 is 0 Å². The van der Waals surface area contributed by atoms with Gasteiger partial charge in [-0.2, -0.15) is 0 Å². The van der Waals surface area contributed by atoms with Crippen molar-refractivity contribution in [1.29, 1.82) is 0 Å². The molecule has 0 aromatic carbocycles. The van der Waals surface area contributed by atoms with E-state index in [9.17, 15) is 0 Å². The number of hydrogen-bond acceptors (Lipinski definition) is 3. The van der Waals surface area contributed by atoms with Gasteiger partial charge in [-0.15, -0.1) is 0 Å². The van der Waals surface area contributed by atoms with Crippen molar-refractivity contribution in [3.63, 3.8) is 0 Å². The first-order chi connectivity index (χ1) is 7.28. The summed E-state index contributed by atoms with van der Waals surface area (Å²) in [7, 11) is 0. The van der Waals surface area contributed by atoms with Gasteiger partial charge in [0.05, 0.1) is 12.2 Å². The van der Waals surface area contributed by atoms with Crippen LogP contribution in [0.2, 0.25) is 0 Å². The van der Waals surface area contributed by atoms with E-state index in [2.05, 4.69) is 11.8 Å². The van der Waals surface area contributed by atoms with E-state index in [0.29, 0.717) is 18.8 Å². The molecule has 0 aliphatic carbocycles. The minimum absolute atomic E-state index is 0.332. The molecule has 0 aromatic heterocycles. The molecule has 2 aliphatic heterocycles. The summed E-state index contributed by atoms with van der Waals surface area (Å²) in [5.41, 5.74) is 5.61. The van der Waals surface area contributed by atoms with Gasteiger partial charge in [-0.25, -0.2) is 0 Å². The van der Waals surface area contributed by atoms with Gasteiger partial charge in [0.15, 0.2) is 0 Å². The number of rotatable bonds is 3. The SMILES string of the molecule is CC1CCN(C[C@@H]2CC[C@H](CN)O2)CC1. The highest BCUT2D eigenvalue weighted by atomic mass is 16.5. The van der Waals surface area contributed by atoms with E-state index in [1.807, 2.05) is 0 Å². The van der Waals surface area contributed by atoms with Gasteiger partial charge < -0.3 is 15.4 Å². The first kappa shape index (κ1) is 11.4. The van der Waals surface area contributed by atoms with Gasteiger partial charge >= 0.3 is 0 Å². The Balaban J connectivity index is 1.69. The lowest BCUT2D eigenvalue weighted by Gasteiger charge is -2.31. The summed E-state index contributed by atoms with van der Waals surface area (Å²) in [5, 5.41) is 0. The van der Waals surface area contributed by atoms with Crippen molar-refractivity contribution in [3.05, 3.63) is 0 Å². The average Bonchev–Trinajstić information content (AvgIpc) is 2.69. The summed E-state index contributed by atoms with van der Waals surface area (Å²) in [5.74, 6) is 0.919. The van der Waals surface area contributed by atoms with Crippen molar-refractivity contribution in [2.75, 3.05) is 26.2 Å². The molecule has 0 unspecified atom stereocenters. The van der Waals surface area contributed by atoms with E-state index in [1.165, 1.54) is 32.4 Å². The van der Waals surface area contributed by atoms with Crippen LogP contribution in [-0.2, 0) is 4.74 Å². The molecule has 0 spiro atoms. The van der Waals surface area contributed by atoms with Crippen molar-refractivity contribution in [3.8, 4) is 0 Å². The number of nitrogens with zero attached hydrogens (tertiary/aromatic N) is 1. The summed E-state index contributed by atoms with van der Waals surface area (Å²) in [4.78, 5) is 2.56. The molecule has 3 nitrogen and oxygen atoms in total. The Kier molecular flexibility index (Phi) is 4.00. The largest absolute Gasteiger partial charge is 0.372 e. The van der Waals surface area contributed by atoms with E-state index in [4.69, 9.17) is 10.5 Å². The number of likely N-dealkylation sites (tertiary alicyclic amines) is 1. The maximum Gasteiger partial charge on any atom is 0.0707 e. The fraction of sp³-hybridized carbons (Fsp3) is 1.00.